The standard InChI is InChI=1S/C26H25ClF3N11O2.CH2O2/c27-19-13-16(1-2-17(19)24(42)38-9-11-39(12-10-38)25(43)34-5-3-31)36-22-23-35-14-20(41(23)8-6-33-22)18-15-40(7-4-32)37-21(18)26(28,29)30;2-1-3/h1-2,6,8,13-15H,3,5,7,9-12,31H2,(H,33,36)(H,34,43);1H,(H,2,3). The van der Waals surface area contributed by atoms with Gasteiger partial charge < -0.3 is 31.3 Å². The van der Waals surface area contributed by atoms with Crippen LogP contribution < -0.4 is 16.4 Å². The Balaban J connectivity index is 0.00000154. The van der Waals surface area contributed by atoms with Crippen LogP contribution >= 0.6 is 11.6 Å². The first-order valence-corrected chi connectivity index (χ1v) is 13.9. The van der Waals surface area contributed by atoms with Crippen molar-refractivity contribution in [3.05, 3.63) is 59.3 Å². The van der Waals surface area contributed by atoms with Crippen LogP contribution in [0.4, 0.5) is 29.5 Å². The molecule has 0 spiro atoms. The van der Waals surface area contributed by atoms with E-state index in [1.807, 2.05) is 0 Å². The number of nitrogens with zero attached hydrogens (tertiary/aromatic N) is 8. The molecule has 46 heavy (non-hydrogen) atoms. The Bertz CT molecular complexity index is 1760. The van der Waals surface area contributed by atoms with Gasteiger partial charge in [0.2, 0.25) is 0 Å². The number of benzene rings is 1. The van der Waals surface area contributed by atoms with Crippen molar-refractivity contribution >= 4 is 47.2 Å². The number of imidazole rings is 1. The van der Waals surface area contributed by atoms with E-state index in [9.17, 15) is 22.8 Å². The molecule has 4 heterocycles. The van der Waals surface area contributed by atoms with Gasteiger partial charge in [0.1, 0.15) is 6.54 Å². The molecule has 1 fully saturated rings. The third-order valence-corrected chi connectivity index (χ3v) is 7.02. The van der Waals surface area contributed by atoms with Gasteiger partial charge in [0.15, 0.2) is 17.2 Å². The number of hydrogen-bond donors (Lipinski definition) is 4. The van der Waals surface area contributed by atoms with Crippen LogP contribution in [0.5, 0.6) is 0 Å². The van der Waals surface area contributed by atoms with Crippen LogP contribution in [0.1, 0.15) is 16.1 Å². The van der Waals surface area contributed by atoms with E-state index in [0.717, 1.165) is 10.9 Å². The third kappa shape index (κ3) is 7.44. The van der Waals surface area contributed by atoms with Gasteiger partial charge >= 0.3 is 12.2 Å². The minimum absolute atomic E-state index is 0.105. The third-order valence-electron chi connectivity index (χ3n) is 6.70. The summed E-state index contributed by atoms with van der Waals surface area (Å²) in [6, 6.07) is 6.27. The minimum Gasteiger partial charge on any atom is -0.483 e. The molecule has 5 rings (SSSR count). The maximum Gasteiger partial charge on any atom is 0.435 e. The topological polar surface area (TPSA) is 200 Å². The second-order valence-electron chi connectivity index (χ2n) is 9.58. The van der Waals surface area contributed by atoms with Gasteiger partial charge in [-0.3, -0.25) is 18.7 Å². The van der Waals surface area contributed by atoms with E-state index < -0.39 is 11.9 Å². The number of carbonyl (C=O) groups excluding carboxylic acids is 2. The van der Waals surface area contributed by atoms with Gasteiger partial charge in [0, 0.05) is 63.5 Å². The summed E-state index contributed by atoms with van der Waals surface area (Å²) in [6.07, 6.45) is 0.511. The summed E-state index contributed by atoms with van der Waals surface area (Å²) in [7, 11) is 0. The Morgan fingerprint density at radius 1 is 1.17 bits per heavy atom. The van der Waals surface area contributed by atoms with Crippen LogP contribution in [0.3, 0.4) is 0 Å². The van der Waals surface area contributed by atoms with Crippen LogP contribution in [0.2, 0.25) is 5.02 Å². The van der Waals surface area contributed by atoms with Gasteiger partial charge in [-0.05, 0) is 18.2 Å². The quantitative estimate of drug-likeness (QED) is 0.213. The number of anilines is 2. The number of nitriles is 1. The molecule has 242 valence electrons. The Hall–Kier alpha value is -5.41. The number of piperazine rings is 1. The number of amides is 3. The van der Waals surface area contributed by atoms with Crippen molar-refractivity contribution in [1.29, 1.82) is 5.26 Å². The first-order valence-electron chi connectivity index (χ1n) is 13.5. The van der Waals surface area contributed by atoms with Crippen molar-refractivity contribution < 1.29 is 32.7 Å². The van der Waals surface area contributed by atoms with E-state index in [2.05, 4.69) is 25.7 Å². The highest BCUT2D eigenvalue weighted by atomic mass is 35.5. The van der Waals surface area contributed by atoms with E-state index in [0.29, 0.717) is 45.0 Å². The predicted molar refractivity (Wildman–Crippen MR) is 158 cm³/mol. The van der Waals surface area contributed by atoms with Gasteiger partial charge in [-0.2, -0.15) is 23.5 Å². The lowest BCUT2D eigenvalue weighted by Gasteiger charge is -2.34. The highest BCUT2D eigenvalue weighted by Crippen LogP contribution is 2.37. The summed E-state index contributed by atoms with van der Waals surface area (Å²) >= 11 is 6.48. The van der Waals surface area contributed by atoms with Crippen LogP contribution in [0, 0.1) is 11.3 Å². The number of urea groups is 1. The van der Waals surface area contributed by atoms with Gasteiger partial charge in [0.25, 0.3) is 12.4 Å². The molecule has 0 bridgehead atoms. The highest BCUT2D eigenvalue weighted by Gasteiger charge is 2.38. The Labute approximate surface area is 264 Å². The smallest absolute Gasteiger partial charge is 0.435 e. The molecule has 0 aliphatic carbocycles. The molecule has 5 N–H and O–H groups in total. The van der Waals surface area contributed by atoms with Crippen molar-refractivity contribution in [2.45, 2.75) is 12.7 Å². The van der Waals surface area contributed by atoms with Gasteiger partial charge in [-0.1, -0.05) is 11.6 Å². The van der Waals surface area contributed by atoms with E-state index in [1.54, 1.807) is 28.0 Å². The number of aromatic nitrogens is 5. The van der Waals surface area contributed by atoms with Gasteiger partial charge in [0.05, 0.1) is 34.1 Å². The number of carbonyl (C=O) groups is 3. The van der Waals surface area contributed by atoms with Gasteiger partial charge in [-0.15, -0.1) is 0 Å². The SMILES string of the molecule is N#CCn1cc(-c2cnc3c(Nc4ccc(C(=O)N5CCN(C(=O)NCCN)CC5)c(Cl)c4)nccn23)c(C(F)(F)F)n1.O=CO. The highest BCUT2D eigenvalue weighted by molar-refractivity contribution is 6.34. The number of alkyl halides is 3. The molecule has 1 aliphatic heterocycles. The maximum absolute atomic E-state index is 13.7. The first-order chi connectivity index (χ1) is 22.0. The Kier molecular flexibility index (Phi) is 10.6. The van der Waals surface area contributed by atoms with E-state index >= 15 is 0 Å². The zero-order valence-corrected chi connectivity index (χ0v) is 24.7. The summed E-state index contributed by atoms with van der Waals surface area (Å²) in [5.74, 6) is -0.0555. The molecule has 1 saturated heterocycles. The summed E-state index contributed by atoms with van der Waals surface area (Å²) in [4.78, 5) is 45.4. The normalized spacial score (nSPS) is 13.0. The molecule has 0 saturated carbocycles. The maximum atomic E-state index is 13.7. The number of carboxylic acid groups (broad SMARTS) is 1. The second-order valence-corrected chi connectivity index (χ2v) is 9.99. The molecule has 3 amide bonds. The Morgan fingerprint density at radius 2 is 1.87 bits per heavy atom. The molecule has 1 aromatic carbocycles. The van der Waals surface area contributed by atoms with Crippen LogP contribution in [-0.4, -0.2) is 96.7 Å². The summed E-state index contributed by atoms with van der Waals surface area (Å²) in [5, 5.41) is 25.3. The van der Waals surface area contributed by atoms with Crippen LogP contribution in [-0.2, 0) is 17.5 Å². The van der Waals surface area contributed by atoms with E-state index in [1.165, 1.54) is 29.1 Å². The lowest BCUT2D eigenvalue weighted by atomic mass is 10.1. The molecular formula is C27H27ClF3N11O4. The average molecular weight is 662 g/mol. The average Bonchev–Trinajstić information content (AvgIpc) is 3.65. The summed E-state index contributed by atoms with van der Waals surface area (Å²) < 4.78 is 43.5. The fourth-order valence-electron chi connectivity index (χ4n) is 4.66. The van der Waals surface area contributed by atoms with E-state index in [-0.39, 0.29) is 58.3 Å². The summed E-state index contributed by atoms with van der Waals surface area (Å²) in [6.45, 7) is 1.51. The largest absolute Gasteiger partial charge is 0.483 e. The van der Waals surface area contributed by atoms with Crippen molar-refractivity contribution in [1.82, 2.24) is 39.3 Å². The van der Waals surface area contributed by atoms with Crippen molar-refractivity contribution in [3.63, 3.8) is 0 Å². The molecule has 0 radical (unpaired) electrons. The molecule has 15 nitrogen and oxygen atoms in total. The number of hydrogen-bond acceptors (Lipinski definition) is 9. The fraction of sp³-hybridized carbons (Fsp3) is 0.296. The first kappa shape index (κ1) is 33.5. The number of nitrogens with one attached hydrogen (secondary N) is 2. The zero-order valence-electron chi connectivity index (χ0n) is 23.9. The van der Waals surface area contributed by atoms with Crippen molar-refractivity contribution in [3.8, 4) is 17.3 Å². The van der Waals surface area contributed by atoms with Gasteiger partial charge in [-0.25, -0.2) is 14.8 Å². The fourth-order valence-corrected chi connectivity index (χ4v) is 4.92. The molecule has 19 heteroatoms. The summed E-state index contributed by atoms with van der Waals surface area (Å²) in [5.41, 5.74) is 5.11. The molecule has 0 atom stereocenters. The predicted octanol–water partition coefficient (Wildman–Crippen LogP) is 2.66. The zero-order chi connectivity index (χ0) is 33.4. The molecule has 1 aliphatic rings. The van der Waals surface area contributed by atoms with Crippen molar-refractivity contribution in [2.75, 3.05) is 44.6 Å². The number of rotatable bonds is 7. The molecule has 4 aromatic rings. The number of fused-ring (bicyclic) bond motifs is 1. The number of nitrogens with two attached hydrogens (primary N) is 1. The van der Waals surface area contributed by atoms with Crippen LogP contribution in [0.15, 0.2) is 43.0 Å². The van der Waals surface area contributed by atoms with Crippen molar-refractivity contribution in [2.24, 2.45) is 5.73 Å². The monoisotopic (exact) mass is 661 g/mol. The van der Waals surface area contributed by atoms with Crippen LogP contribution in [0.25, 0.3) is 16.9 Å². The minimum atomic E-state index is -4.75. The Morgan fingerprint density at radius 3 is 2.50 bits per heavy atom. The lowest BCUT2D eigenvalue weighted by Crippen LogP contribution is -2.53. The molecule has 3 aromatic heterocycles. The lowest BCUT2D eigenvalue weighted by molar-refractivity contribution is -0.141. The number of halogens is 4. The molecular weight excluding hydrogens is 635 g/mol. The molecule has 0 unspecified atom stereocenters. The van der Waals surface area contributed by atoms with E-state index in [4.69, 9.17) is 32.5 Å². The second kappa shape index (κ2) is 14.6.